The first-order chi connectivity index (χ1) is 6.02. The second-order valence-electron chi connectivity index (χ2n) is 2.25. The summed E-state index contributed by atoms with van der Waals surface area (Å²) >= 11 is 5.43. The van der Waals surface area contributed by atoms with Crippen molar-refractivity contribution in [2.75, 3.05) is 17.7 Å². The van der Waals surface area contributed by atoms with Gasteiger partial charge in [0.2, 0.25) is 5.28 Å². The Hall–Kier alpha value is -1.56. The van der Waals surface area contributed by atoms with Crippen LogP contribution in [-0.2, 0) is 0 Å². The molecule has 0 atom stereocenters. The largest absolute Gasteiger partial charge is 0.465 e. The molecule has 1 aromatic heterocycles. The molecule has 1 rings (SSSR count). The molecule has 0 aromatic carbocycles. The fraction of sp³-hybridized carbons (Fsp3) is 0.167. The molecule has 0 bridgehead atoms. The molecule has 0 spiro atoms. The zero-order valence-electron chi connectivity index (χ0n) is 6.73. The van der Waals surface area contributed by atoms with Crippen LogP contribution >= 0.6 is 11.6 Å². The van der Waals surface area contributed by atoms with Gasteiger partial charge in [-0.2, -0.15) is 4.98 Å². The molecular formula is C6H7ClN4O2. The monoisotopic (exact) mass is 202 g/mol. The number of carbonyl (C=O) groups is 1. The Morgan fingerprint density at radius 1 is 1.77 bits per heavy atom. The predicted octanol–water partition coefficient (Wildman–Crippen LogP) is 0.826. The second kappa shape index (κ2) is 3.44. The standard InChI is InChI=1S/C6H7ClN4O2/c1-11(6(12)13)3-2-9-5(7)10-4(3)8/h2H,1H3,(H,12,13)(H2,8,9,10). The number of rotatable bonds is 1. The zero-order valence-corrected chi connectivity index (χ0v) is 7.49. The van der Waals surface area contributed by atoms with Crippen molar-refractivity contribution in [1.82, 2.24) is 9.97 Å². The maximum absolute atomic E-state index is 10.5. The van der Waals surface area contributed by atoms with Gasteiger partial charge in [-0.3, -0.25) is 4.90 Å². The molecule has 0 aliphatic rings. The molecule has 1 heterocycles. The number of hydrogen-bond donors (Lipinski definition) is 2. The van der Waals surface area contributed by atoms with Gasteiger partial charge in [0.05, 0.1) is 6.20 Å². The molecule has 7 heteroatoms. The number of nitrogens with two attached hydrogens (primary N) is 1. The van der Waals surface area contributed by atoms with Crippen molar-refractivity contribution in [3.8, 4) is 0 Å². The highest BCUT2D eigenvalue weighted by atomic mass is 35.5. The second-order valence-corrected chi connectivity index (χ2v) is 2.59. The molecule has 13 heavy (non-hydrogen) atoms. The Kier molecular flexibility index (Phi) is 2.52. The lowest BCUT2D eigenvalue weighted by atomic mass is 10.4. The van der Waals surface area contributed by atoms with E-state index in [1.165, 1.54) is 13.2 Å². The van der Waals surface area contributed by atoms with E-state index in [0.717, 1.165) is 4.90 Å². The third-order valence-electron chi connectivity index (χ3n) is 1.42. The summed E-state index contributed by atoms with van der Waals surface area (Å²) < 4.78 is 0. The van der Waals surface area contributed by atoms with Crippen LogP contribution in [0.4, 0.5) is 16.3 Å². The van der Waals surface area contributed by atoms with Gasteiger partial charge >= 0.3 is 6.09 Å². The van der Waals surface area contributed by atoms with Crippen molar-refractivity contribution in [3.63, 3.8) is 0 Å². The molecule has 0 saturated carbocycles. The van der Waals surface area contributed by atoms with Gasteiger partial charge in [0.15, 0.2) is 5.82 Å². The van der Waals surface area contributed by atoms with E-state index in [0.29, 0.717) is 0 Å². The average Bonchev–Trinajstić information content (AvgIpc) is 2.03. The van der Waals surface area contributed by atoms with E-state index in [1.807, 2.05) is 0 Å². The van der Waals surface area contributed by atoms with Gasteiger partial charge in [-0.05, 0) is 11.6 Å². The number of halogens is 1. The highest BCUT2D eigenvalue weighted by molar-refractivity contribution is 6.28. The Labute approximate surface area is 79.0 Å². The summed E-state index contributed by atoms with van der Waals surface area (Å²) in [7, 11) is 1.34. The SMILES string of the molecule is CN(C(=O)O)c1cnc(Cl)nc1N. The summed E-state index contributed by atoms with van der Waals surface area (Å²) in [6.07, 6.45) is 0.108. The molecule has 0 fully saturated rings. The van der Waals surface area contributed by atoms with E-state index < -0.39 is 6.09 Å². The lowest BCUT2D eigenvalue weighted by Gasteiger charge is -2.13. The first kappa shape index (κ1) is 9.53. The molecular weight excluding hydrogens is 196 g/mol. The Morgan fingerprint density at radius 2 is 2.38 bits per heavy atom. The van der Waals surface area contributed by atoms with Crippen LogP contribution in [-0.4, -0.2) is 28.2 Å². The van der Waals surface area contributed by atoms with Crippen LogP contribution < -0.4 is 10.6 Å². The fourth-order valence-corrected chi connectivity index (χ4v) is 0.867. The van der Waals surface area contributed by atoms with Gasteiger partial charge < -0.3 is 10.8 Å². The Bertz CT molecular complexity index is 343. The van der Waals surface area contributed by atoms with Crippen molar-refractivity contribution in [3.05, 3.63) is 11.5 Å². The van der Waals surface area contributed by atoms with Crippen LogP contribution in [0.2, 0.25) is 5.28 Å². The fourth-order valence-electron chi connectivity index (χ4n) is 0.728. The number of carboxylic acid groups (broad SMARTS) is 1. The Morgan fingerprint density at radius 3 is 2.85 bits per heavy atom. The number of anilines is 2. The van der Waals surface area contributed by atoms with Gasteiger partial charge in [-0.15, -0.1) is 0 Å². The summed E-state index contributed by atoms with van der Waals surface area (Å²) in [5, 5.41) is 8.60. The van der Waals surface area contributed by atoms with E-state index in [2.05, 4.69) is 9.97 Å². The average molecular weight is 203 g/mol. The number of nitrogens with zero attached hydrogens (tertiary/aromatic N) is 3. The van der Waals surface area contributed by atoms with E-state index in [1.54, 1.807) is 0 Å². The van der Waals surface area contributed by atoms with Crippen molar-refractivity contribution in [1.29, 1.82) is 0 Å². The van der Waals surface area contributed by atoms with Crippen LogP contribution in [0.15, 0.2) is 6.20 Å². The lowest BCUT2D eigenvalue weighted by molar-refractivity contribution is 0.203. The van der Waals surface area contributed by atoms with Gasteiger partial charge in [-0.1, -0.05) is 0 Å². The normalized spacial score (nSPS) is 9.69. The number of aromatic nitrogens is 2. The van der Waals surface area contributed by atoms with Gasteiger partial charge in [0.1, 0.15) is 5.69 Å². The van der Waals surface area contributed by atoms with Gasteiger partial charge in [0, 0.05) is 7.05 Å². The molecule has 0 radical (unpaired) electrons. The quantitative estimate of drug-likeness (QED) is 0.658. The number of hydrogen-bond acceptors (Lipinski definition) is 4. The molecule has 0 saturated heterocycles. The Balaban J connectivity index is 3.08. The predicted molar refractivity (Wildman–Crippen MR) is 47.9 cm³/mol. The van der Waals surface area contributed by atoms with Crippen molar-refractivity contribution >= 4 is 29.2 Å². The topological polar surface area (TPSA) is 92.3 Å². The van der Waals surface area contributed by atoms with Crippen LogP contribution in [0.25, 0.3) is 0 Å². The zero-order chi connectivity index (χ0) is 10.0. The molecule has 6 nitrogen and oxygen atoms in total. The number of amides is 1. The lowest BCUT2D eigenvalue weighted by Crippen LogP contribution is -2.25. The first-order valence-corrected chi connectivity index (χ1v) is 3.65. The van der Waals surface area contributed by atoms with Crippen LogP contribution in [0.5, 0.6) is 0 Å². The minimum absolute atomic E-state index is 0.0139. The summed E-state index contributed by atoms with van der Waals surface area (Å²) in [5.41, 5.74) is 5.62. The van der Waals surface area contributed by atoms with E-state index >= 15 is 0 Å². The molecule has 1 amide bonds. The molecule has 0 aliphatic heterocycles. The van der Waals surface area contributed by atoms with Crippen LogP contribution in [0.3, 0.4) is 0 Å². The minimum atomic E-state index is -1.14. The van der Waals surface area contributed by atoms with Crippen molar-refractivity contribution < 1.29 is 9.90 Å². The smallest absolute Gasteiger partial charge is 0.411 e. The molecule has 1 aromatic rings. The van der Waals surface area contributed by atoms with E-state index in [4.69, 9.17) is 22.4 Å². The van der Waals surface area contributed by atoms with Gasteiger partial charge in [-0.25, -0.2) is 9.78 Å². The van der Waals surface area contributed by atoms with E-state index in [-0.39, 0.29) is 16.8 Å². The summed E-state index contributed by atoms with van der Waals surface area (Å²) in [6, 6.07) is 0. The van der Waals surface area contributed by atoms with Crippen LogP contribution in [0.1, 0.15) is 0 Å². The summed E-state index contributed by atoms with van der Waals surface area (Å²) in [4.78, 5) is 18.6. The minimum Gasteiger partial charge on any atom is -0.465 e. The highest BCUT2D eigenvalue weighted by Gasteiger charge is 2.13. The summed E-state index contributed by atoms with van der Waals surface area (Å²) in [6.45, 7) is 0. The third-order valence-corrected chi connectivity index (χ3v) is 1.60. The maximum atomic E-state index is 10.5. The van der Waals surface area contributed by atoms with Gasteiger partial charge in [0.25, 0.3) is 0 Å². The van der Waals surface area contributed by atoms with Crippen molar-refractivity contribution in [2.45, 2.75) is 0 Å². The first-order valence-electron chi connectivity index (χ1n) is 3.27. The molecule has 0 aliphatic carbocycles. The highest BCUT2D eigenvalue weighted by Crippen LogP contribution is 2.19. The van der Waals surface area contributed by atoms with E-state index in [9.17, 15) is 4.79 Å². The molecule has 70 valence electrons. The molecule has 0 unspecified atom stereocenters. The number of nitrogen functional groups attached to an aromatic ring is 1. The maximum Gasteiger partial charge on any atom is 0.411 e. The van der Waals surface area contributed by atoms with Crippen LogP contribution in [0, 0.1) is 0 Å². The van der Waals surface area contributed by atoms with Crippen molar-refractivity contribution in [2.24, 2.45) is 0 Å². The summed E-state index contributed by atoms with van der Waals surface area (Å²) in [5.74, 6) is 0.0323. The third kappa shape index (κ3) is 1.97. The molecule has 3 N–H and O–H groups in total.